The third kappa shape index (κ3) is 1.71. The first kappa shape index (κ1) is 11.0. The smallest absolute Gasteiger partial charge is 0.346 e. The van der Waals surface area contributed by atoms with E-state index < -0.39 is 0 Å². The molecule has 2 saturated heterocycles. The normalized spacial score (nSPS) is 25.1. The molecule has 1 aromatic rings. The zero-order valence-electron chi connectivity index (χ0n) is 10.1. The SMILES string of the molecule is CCn1nc(C2CCOC2)n(C2CNC2)c1=O. The third-order valence-corrected chi connectivity index (χ3v) is 3.62. The van der Waals surface area contributed by atoms with Crippen LogP contribution in [0.25, 0.3) is 0 Å². The van der Waals surface area contributed by atoms with Crippen LogP contribution in [-0.4, -0.2) is 40.7 Å². The summed E-state index contributed by atoms with van der Waals surface area (Å²) in [7, 11) is 0. The monoisotopic (exact) mass is 238 g/mol. The van der Waals surface area contributed by atoms with Crippen molar-refractivity contribution in [2.45, 2.75) is 31.8 Å². The summed E-state index contributed by atoms with van der Waals surface area (Å²) >= 11 is 0. The van der Waals surface area contributed by atoms with Gasteiger partial charge in [0.2, 0.25) is 0 Å². The van der Waals surface area contributed by atoms with Gasteiger partial charge >= 0.3 is 5.69 Å². The lowest BCUT2D eigenvalue weighted by Gasteiger charge is -2.29. The quantitative estimate of drug-likeness (QED) is 0.786. The summed E-state index contributed by atoms with van der Waals surface area (Å²) in [5.41, 5.74) is 0.0286. The van der Waals surface area contributed by atoms with E-state index in [1.54, 1.807) is 4.68 Å². The van der Waals surface area contributed by atoms with Crippen LogP contribution in [0.2, 0.25) is 0 Å². The molecule has 6 nitrogen and oxygen atoms in total. The second kappa shape index (κ2) is 4.27. The zero-order chi connectivity index (χ0) is 11.8. The zero-order valence-corrected chi connectivity index (χ0v) is 10.1. The Labute approximate surface area is 99.6 Å². The summed E-state index contributed by atoms with van der Waals surface area (Å²) < 4.78 is 8.84. The molecule has 0 spiro atoms. The molecule has 3 heterocycles. The maximum atomic E-state index is 12.2. The van der Waals surface area contributed by atoms with Crippen LogP contribution in [-0.2, 0) is 11.3 Å². The van der Waals surface area contributed by atoms with Gasteiger partial charge in [-0.2, -0.15) is 5.10 Å². The Morgan fingerprint density at radius 1 is 1.53 bits per heavy atom. The molecule has 0 bridgehead atoms. The highest BCUT2D eigenvalue weighted by Crippen LogP contribution is 2.25. The largest absolute Gasteiger partial charge is 0.381 e. The van der Waals surface area contributed by atoms with Crippen molar-refractivity contribution < 1.29 is 4.74 Å². The fourth-order valence-electron chi connectivity index (χ4n) is 2.46. The van der Waals surface area contributed by atoms with Gasteiger partial charge < -0.3 is 10.1 Å². The van der Waals surface area contributed by atoms with Gasteiger partial charge in [-0.15, -0.1) is 0 Å². The molecule has 17 heavy (non-hydrogen) atoms. The van der Waals surface area contributed by atoms with Gasteiger partial charge in [-0.1, -0.05) is 0 Å². The van der Waals surface area contributed by atoms with E-state index in [1.165, 1.54) is 0 Å². The lowest BCUT2D eigenvalue weighted by Crippen LogP contribution is -2.47. The summed E-state index contributed by atoms with van der Waals surface area (Å²) in [6.07, 6.45) is 0.973. The first-order valence-corrected chi connectivity index (χ1v) is 6.29. The molecular formula is C11H18N4O2. The maximum absolute atomic E-state index is 12.2. The van der Waals surface area contributed by atoms with Crippen LogP contribution in [0.1, 0.15) is 31.1 Å². The lowest BCUT2D eigenvalue weighted by atomic mass is 10.1. The minimum Gasteiger partial charge on any atom is -0.381 e. The number of aromatic nitrogens is 3. The summed E-state index contributed by atoms with van der Waals surface area (Å²) in [6.45, 7) is 5.80. The number of nitrogens with one attached hydrogen (secondary N) is 1. The molecule has 3 rings (SSSR count). The summed E-state index contributed by atoms with van der Waals surface area (Å²) in [6, 6.07) is 0.276. The first-order valence-electron chi connectivity index (χ1n) is 6.29. The lowest BCUT2D eigenvalue weighted by molar-refractivity contribution is 0.191. The number of nitrogens with zero attached hydrogens (tertiary/aromatic N) is 3. The number of aryl methyl sites for hydroxylation is 1. The van der Waals surface area contributed by atoms with Gasteiger partial charge in [0.05, 0.1) is 12.6 Å². The minimum atomic E-state index is 0.0286. The molecule has 2 aliphatic heterocycles. The Hall–Kier alpha value is -1.14. The highest BCUT2D eigenvalue weighted by molar-refractivity contribution is 5.03. The molecular weight excluding hydrogens is 220 g/mol. The molecule has 1 unspecified atom stereocenters. The Morgan fingerprint density at radius 3 is 2.88 bits per heavy atom. The Kier molecular flexibility index (Phi) is 2.76. The van der Waals surface area contributed by atoms with Crippen molar-refractivity contribution >= 4 is 0 Å². The van der Waals surface area contributed by atoms with Gasteiger partial charge in [0.15, 0.2) is 0 Å². The van der Waals surface area contributed by atoms with E-state index in [0.717, 1.165) is 31.9 Å². The topological polar surface area (TPSA) is 61.1 Å². The molecule has 0 aromatic carbocycles. The van der Waals surface area contributed by atoms with E-state index in [-0.39, 0.29) is 17.6 Å². The van der Waals surface area contributed by atoms with Gasteiger partial charge in [0, 0.05) is 32.2 Å². The van der Waals surface area contributed by atoms with E-state index in [1.807, 2.05) is 11.5 Å². The number of ether oxygens (including phenoxy) is 1. The van der Waals surface area contributed by atoms with Crippen molar-refractivity contribution in [1.29, 1.82) is 0 Å². The fraction of sp³-hybridized carbons (Fsp3) is 0.818. The molecule has 0 amide bonds. The average Bonchev–Trinajstić information content (AvgIpc) is 2.86. The summed E-state index contributed by atoms with van der Waals surface area (Å²) in [5, 5.41) is 7.68. The van der Waals surface area contributed by atoms with Crippen LogP contribution in [0, 0.1) is 0 Å². The first-order chi connectivity index (χ1) is 8.31. The Balaban J connectivity index is 2.02. The molecule has 1 N–H and O–H groups in total. The van der Waals surface area contributed by atoms with Crippen molar-refractivity contribution in [1.82, 2.24) is 19.7 Å². The Bertz CT molecular complexity index is 455. The van der Waals surface area contributed by atoms with Crippen LogP contribution in [0.5, 0.6) is 0 Å². The number of hydrogen-bond donors (Lipinski definition) is 1. The highest BCUT2D eigenvalue weighted by Gasteiger charge is 2.31. The van der Waals surface area contributed by atoms with Gasteiger partial charge in [0.25, 0.3) is 0 Å². The van der Waals surface area contributed by atoms with Crippen LogP contribution in [0.4, 0.5) is 0 Å². The van der Waals surface area contributed by atoms with Crippen molar-refractivity contribution in [2.75, 3.05) is 26.3 Å². The molecule has 2 aliphatic rings. The van der Waals surface area contributed by atoms with E-state index >= 15 is 0 Å². The maximum Gasteiger partial charge on any atom is 0.346 e. The van der Waals surface area contributed by atoms with Gasteiger partial charge in [0.1, 0.15) is 5.82 Å². The highest BCUT2D eigenvalue weighted by atomic mass is 16.5. The van der Waals surface area contributed by atoms with Crippen molar-refractivity contribution in [2.24, 2.45) is 0 Å². The third-order valence-electron chi connectivity index (χ3n) is 3.62. The molecule has 1 aromatic heterocycles. The molecule has 0 saturated carbocycles. The van der Waals surface area contributed by atoms with Crippen molar-refractivity contribution in [3.63, 3.8) is 0 Å². The van der Waals surface area contributed by atoms with E-state index in [0.29, 0.717) is 13.2 Å². The van der Waals surface area contributed by atoms with Crippen LogP contribution in [0.15, 0.2) is 4.79 Å². The van der Waals surface area contributed by atoms with Crippen molar-refractivity contribution in [3.05, 3.63) is 16.3 Å². The minimum absolute atomic E-state index is 0.0286. The predicted molar refractivity (Wildman–Crippen MR) is 62.2 cm³/mol. The number of rotatable bonds is 3. The van der Waals surface area contributed by atoms with E-state index in [4.69, 9.17) is 4.74 Å². The second-order valence-corrected chi connectivity index (χ2v) is 4.70. The van der Waals surface area contributed by atoms with Gasteiger partial charge in [-0.05, 0) is 13.3 Å². The molecule has 1 atom stereocenters. The molecule has 0 radical (unpaired) electrons. The standard InChI is InChI=1S/C11H18N4O2/c1-2-14-11(16)15(9-5-12-6-9)10(13-14)8-3-4-17-7-8/h8-9,12H,2-7H2,1H3. The summed E-state index contributed by atoms with van der Waals surface area (Å²) in [4.78, 5) is 12.2. The second-order valence-electron chi connectivity index (χ2n) is 4.70. The van der Waals surface area contributed by atoms with E-state index in [9.17, 15) is 4.79 Å². The van der Waals surface area contributed by atoms with Crippen LogP contribution >= 0.6 is 0 Å². The van der Waals surface area contributed by atoms with Gasteiger partial charge in [-0.25, -0.2) is 9.48 Å². The fourth-order valence-corrected chi connectivity index (χ4v) is 2.46. The van der Waals surface area contributed by atoms with Gasteiger partial charge in [-0.3, -0.25) is 4.57 Å². The van der Waals surface area contributed by atoms with Crippen LogP contribution in [0.3, 0.4) is 0 Å². The van der Waals surface area contributed by atoms with Crippen molar-refractivity contribution in [3.8, 4) is 0 Å². The average molecular weight is 238 g/mol. The predicted octanol–water partition coefficient (Wildman–Crippen LogP) is -0.287. The molecule has 2 fully saturated rings. The molecule has 94 valence electrons. The number of hydrogen-bond acceptors (Lipinski definition) is 4. The summed E-state index contributed by atoms with van der Waals surface area (Å²) in [5.74, 6) is 1.21. The molecule has 0 aliphatic carbocycles. The Morgan fingerprint density at radius 2 is 2.35 bits per heavy atom. The molecule has 6 heteroatoms. The van der Waals surface area contributed by atoms with Crippen LogP contribution < -0.4 is 11.0 Å². The van der Waals surface area contributed by atoms with E-state index in [2.05, 4.69) is 10.4 Å².